The number of rotatable bonds is 8. The molecule has 8 bridgehead atoms. The van der Waals surface area contributed by atoms with E-state index in [1.54, 1.807) is 11.1 Å². The Balaban J connectivity index is 0.000000144. The number of fused-ring (bicyclic) bond motifs is 2. The molecule has 0 unspecified atom stereocenters. The van der Waals surface area contributed by atoms with Crippen molar-refractivity contribution in [3.8, 4) is 22.3 Å². The number of halogens is 5. The second-order valence-corrected chi connectivity index (χ2v) is 33.9. The third-order valence-corrected chi connectivity index (χ3v) is 22.8. The van der Waals surface area contributed by atoms with Gasteiger partial charge in [0.05, 0.1) is 0 Å². The molecule has 0 N–H and O–H groups in total. The molecule has 0 atom stereocenters. The van der Waals surface area contributed by atoms with Crippen LogP contribution >= 0.6 is 0 Å². The topological polar surface area (TPSA) is 0 Å². The largest absolute Gasteiger partial charge is 1.00 e. The first-order valence-electron chi connectivity index (χ1n) is 29.2. The molecule has 4 aromatic carbocycles. The molecule has 0 nitrogen and oxygen atoms in total. The fourth-order valence-corrected chi connectivity index (χ4v) is 19.0. The van der Waals surface area contributed by atoms with Crippen molar-refractivity contribution in [2.75, 3.05) is 0 Å². The van der Waals surface area contributed by atoms with Crippen molar-refractivity contribution in [3.05, 3.63) is 140 Å². The Morgan fingerprint density at radius 2 is 0.867 bits per heavy atom. The molecular weight excluding hydrogens is 1060 g/mol. The maximum atomic E-state index is 11.4. The first-order chi connectivity index (χ1) is 35.4. The SMILES string of the molecule is C[Si](=[Zr+2])CCC(F)(F)F.[C-]1=c2cccc(-c3ccc(C45CC6CC(CC(C6)C4)C5)cc3)c2=CC1=CC1CCCCC1.[C-]1=c2cccc(-c3ccc(C45CC6CC(CC(C6)C4)C5)cc3)c2=CC1=CC1CCCCC1.[Cl-].[Cl-]. The zero-order chi connectivity index (χ0) is 49.7. The van der Waals surface area contributed by atoms with Gasteiger partial charge >= 0.3 is 67.1 Å². The first-order valence-corrected chi connectivity index (χ1v) is 35.1. The number of hydrogen-bond donors (Lipinski definition) is 0. The first kappa shape index (κ1) is 55.6. The summed E-state index contributed by atoms with van der Waals surface area (Å²) < 4.78 is 34.3. The van der Waals surface area contributed by atoms with Crippen molar-refractivity contribution in [3.63, 3.8) is 0 Å². The van der Waals surface area contributed by atoms with Gasteiger partial charge in [0.1, 0.15) is 0 Å². The summed E-state index contributed by atoms with van der Waals surface area (Å²) in [7, 11) is 0. The molecule has 16 rings (SSSR count). The average Bonchev–Trinajstić information content (AvgIpc) is 3.99. The Kier molecular flexibility index (Phi) is 17.5. The Morgan fingerprint density at radius 3 is 1.17 bits per heavy atom. The Labute approximate surface area is 474 Å². The van der Waals surface area contributed by atoms with Crippen LogP contribution < -0.4 is 45.7 Å². The molecule has 0 aromatic heterocycles. The second-order valence-electron chi connectivity index (χ2n) is 25.6. The van der Waals surface area contributed by atoms with Crippen LogP contribution in [0.5, 0.6) is 0 Å². The number of benzene rings is 4. The molecule has 7 heteroatoms. The molecule has 0 heterocycles. The molecule has 75 heavy (non-hydrogen) atoms. The monoisotopic (exact) mass is 1140 g/mol. The fourth-order valence-electron chi connectivity index (χ4n) is 17.4. The fraction of sp³-hybridized carbons (Fsp3) is 0.529. The smallest absolute Gasteiger partial charge is 0.00391 e. The van der Waals surface area contributed by atoms with Gasteiger partial charge in [-0.15, -0.1) is 80.6 Å². The molecule has 0 radical (unpaired) electrons. The van der Waals surface area contributed by atoms with E-state index in [0.29, 0.717) is 16.9 Å². The molecule has 394 valence electrons. The van der Waals surface area contributed by atoms with E-state index in [4.69, 9.17) is 0 Å². The molecule has 4 aromatic rings. The predicted octanol–water partition coefficient (Wildman–Crippen LogP) is 9.67. The summed E-state index contributed by atoms with van der Waals surface area (Å²) in [5, 5.41) is 5.29. The molecule has 10 fully saturated rings. The summed E-state index contributed by atoms with van der Waals surface area (Å²) in [5.74, 6) is 7.55. The van der Waals surface area contributed by atoms with Gasteiger partial charge in [0, 0.05) is 0 Å². The number of hydrogen-bond acceptors (Lipinski definition) is 0. The summed E-state index contributed by atoms with van der Waals surface area (Å²) in [5.41, 5.74) is 11.8. The third kappa shape index (κ3) is 12.5. The van der Waals surface area contributed by atoms with E-state index < -0.39 is 18.0 Å². The van der Waals surface area contributed by atoms with Gasteiger partial charge in [-0.05, 0) is 157 Å². The number of allylic oxidation sites excluding steroid dienone is 4. The zero-order valence-electron chi connectivity index (χ0n) is 44.4. The Hall–Kier alpha value is -2.69. The Bertz CT molecular complexity index is 2750. The minimum absolute atomic E-state index is 0. The molecule has 10 saturated carbocycles. The van der Waals surface area contributed by atoms with Crippen LogP contribution in [0.1, 0.15) is 159 Å². The molecule has 0 saturated heterocycles. The molecular formula is C68H77Cl2F3SiZr-2. The van der Waals surface area contributed by atoms with Crippen LogP contribution in [-0.4, -0.2) is 11.6 Å². The van der Waals surface area contributed by atoms with Gasteiger partial charge in [0.15, 0.2) is 0 Å². The molecule has 0 amide bonds. The third-order valence-electron chi connectivity index (χ3n) is 20.0. The standard InChI is InChI=1S/2C32H35.C4H7F3Si.2ClH.Zr/c2*1-2-5-22(6-3-1)13-23-17-28-7-4-8-30(31(28)18-23)27-9-11-29(12-10-27)32-19-24-14-25(20-32)16-26(15-24)21-32;1-8-3-2-4(5,6)7;;;/h2*4,7-13,18,22,24-26H,1-3,5-6,14-16,19-21H2;2-3H2,1H3;2*1H;/q2*-1;;;;+2/p-2. The summed E-state index contributed by atoms with van der Waals surface area (Å²) in [6, 6.07) is 33.5. The van der Waals surface area contributed by atoms with E-state index in [1.165, 1.54) is 219 Å². The maximum Gasteiger partial charge on any atom is -0.00391 e. The van der Waals surface area contributed by atoms with Crippen molar-refractivity contribution < 1.29 is 61.3 Å². The molecule has 12 aliphatic carbocycles. The van der Waals surface area contributed by atoms with Crippen LogP contribution in [0.2, 0.25) is 12.6 Å². The minimum Gasteiger partial charge on any atom is -1.00 e. The molecule has 0 spiro atoms. The zero-order valence-corrected chi connectivity index (χ0v) is 49.3. The van der Waals surface area contributed by atoms with Crippen LogP contribution in [0.15, 0.2) is 108 Å². The van der Waals surface area contributed by atoms with Crippen LogP contribution in [0.3, 0.4) is 0 Å². The van der Waals surface area contributed by atoms with Crippen LogP contribution in [-0.2, 0) is 34.2 Å². The van der Waals surface area contributed by atoms with Gasteiger partial charge in [0.2, 0.25) is 0 Å². The van der Waals surface area contributed by atoms with E-state index >= 15 is 0 Å². The van der Waals surface area contributed by atoms with Crippen LogP contribution in [0.4, 0.5) is 13.2 Å². The molecule has 12 aliphatic rings. The van der Waals surface area contributed by atoms with Crippen molar-refractivity contribution in [2.24, 2.45) is 47.3 Å². The van der Waals surface area contributed by atoms with Crippen molar-refractivity contribution >= 4 is 29.7 Å². The minimum atomic E-state index is -3.93. The van der Waals surface area contributed by atoms with Gasteiger partial charge < -0.3 is 24.8 Å². The van der Waals surface area contributed by atoms with E-state index in [0.717, 1.165) is 47.3 Å². The van der Waals surface area contributed by atoms with Gasteiger partial charge in [-0.2, -0.15) is 0 Å². The summed E-state index contributed by atoms with van der Waals surface area (Å²) in [6.07, 6.45) is 44.3. The van der Waals surface area contributed by atoms with E-state index in [9.17, 15) is 13.2 Å². The predicted molar refractivity (Wildman–Crippen MR) is 294 cm³/mol. The van der Waals surface area contributed by atoms with Gasteiger partial charge in [-0.3, -0.25) is 0 Å². The quantitative estimate of drug-likeness (QED) is 0.122. The summed E-state index contributed by atoms with van der Waals surface area (Å²) >= 11 is 1.29. The van der Waals surface area contributed by atoms with E-state index in [1.807, 2.05) is 6.55 Å². The van der Waals surface area contributed by atoms with Crippen molar-refractivity contribution in [1.29, 1.82) is 0 Å². The second kappa shape index (κ2) is 23.6. The maximum absolute atomic E-state index is 11.4. The Morgan fingerprint density at radius 1 is 0.520 bits per heavy atom. The summed E-state index contributed by atoms with van der Waals surface area (Å²) in [6.45, 7) is 1.93. The van der Waals surface area contributed by atoms with Crippen LogP contribution in [0, 0.1) is 47.3 Å². The normalized spacial score (nSPS) is 30.7. The number of alkyl halides is 3. The van der Waals surface area contributed by atoms with Gasteiger partial charge in [-0.1, -0.05) is 148 Å². The summed E-state index contributed by atoms with van der Waals surface area (Å²) in [4.78, 5) is 0. The van der Waals surface area contributed by atoms with Crippen LogP contribution in [0.25, 0.3) is 46.6 Å². The van der Waals surface area contributed by atoms with Crippen molar-refractivity contribution in [2.45, 2.75) is 177 Å². The van der Waals surface area contributed by atoms with E-state index in [-0.39, 0.29) is 24.8 Å². The van der Waals surface area contributed by atoms with E-state index in [2.05, 4.69) is 121 Å². The van der Waals surface area contributed by atoms with Crippen molar-refractivity contribution in [1.82, 2.24) is 0 Å². The average molecular weight is 1140 g/mol. The van der Waals surface area contributed by atoms with Gasteiger partial charge in [-0.25, -0.2) is 0 Å². The van der Waals surface area contributed by atoms with Gasteiger partial charge in [0.25, 0.3) is 0 Å². The molecule has 0 aliphatic heterocycles.